The maximum absolute atomic E-state index is 3.67. The lowest BCUT2D eigenvalue weighted by Gasteiger charge is -2.28. The van der Waals surface area contributed by atoms with E-state index in [0.29, 0.717) is 0 Å². The summed E-state index contributed by atoms with van der Waals surface area (Å²) < 4.78 is 0. The Kier molecular flexibility index (Phi) is 3.41. The molecule has 0 N–H and O–H groups in total. The number of rotatable bonds is 2. The molecular formula is C10H14BrNS. The van der Waals surface area contributed by atoms with E-state index < -0.39 is 0 Å². The summed E-state index contributed by atoms with van der Waals surface area (Å²) in [5.41, 5.74) is 1.47. The standard InChI is InChI=1S/C10H14BrNS/c11-10-1-4-12(5-2-10)7-9-3-6-13-8-9/h3,6,8,10H,1-2,4-5,7H2. The molecule has 1 aliphatic heterocycles. The minimum atomic E-state index is 0.756. The van der Waals surface area contributed by atoms with Crippen molar-refractivity contribution in [1.82, 2.24) is 4.90 Å². The van der Waals surface area contributed by atoms with Gasteiger partial charge in [0.25, 0.3) is 0 Å². The topological polar surface area (TPSA) is 3.24 Å². The van der Waals surface area contributed by atoms with Crippen molar-refractivity contribution in [2.45, 2.75) is 24.2 Å². The molecule has 1 aliphatic rings. The lowest BCUT2D eigenvalue weighted by atomic mass is 10.1. The van der Waals surface area contributed by atoms with Gasteiger partial charge in [-0.15, -0.1) is 0 Å². The molecule has 0 amide bonds. The number of nitrogens with zero attached hydrogens (tertiary/aromatic N) is 1. The second-order valence-electron chi connectivity index (χ2n) is 3.58. The van der Waals surface area contributed by atoms with Gasteiger partial charge in [-0.25, -0.2) is 0 Å². The fourth-order valence-electron chi connectivity index (χ4n) is 1.70. The Balaban J connectivity index is 1.83. The molecular weight excluding hydrogens is 246 g/mol. The van der Waals surface area contributed by atoms with Crippen LogP contribution in [0.2, 0.25) is 0 Å². The van der Waals surface area contributed by atoms with Crippen LogP contribution in [0.15, 0.2) is 16.8 Å². The van der Waals surface area contributed by atoms with Crippen molar-refractivity contribution < 1.29 is 0 Å². The quantitative estimate of drug-likeness (QED) is 0.738. The van der Waals surface area contributed by atoms with E-state index in [4.69, 9.17) is 0 Å². The molecule has 2 rings (SSSR count). The fourth-order valence-corrected chi connectivity index (χ4v) is 2.77. The molecule has 1 saturated heterocycles. The maximum atomic E-state index is 3.67. The fraction of sp³-hybridized carbons (Fsp3) is 0.600. The highest BCUT2D eigenvalue weighted by Crippen LogP contribution is 2.19. The maximum Gasteiger partial charge on any atom is 0.0242 e. The molecule has 0 unspecified atom stereocenters. The van der Waals surface area contributed by atoms with Crippen molar-refractivity contribution in [2.24, 2.45) is 0 Å². The summed E-state index contributed by atoms with van der Waals surface area (Å²) in [6, 6.07) is 2.23. The largest absolute Gasteiger partial charge is 0.299 e. The lowest BCUT2D eigenvalue weighted by molar-refractivity contribution is 0.226. The first-order chi connectivity index (χ1) is 6.34. The zero-order chi connectivity index (χ0) is 9.10. The molecule has 0 saturated carbocycles. The molecule has 0 atom stereocenters. The average molecular weight is 260 g/mol. The molecule has 0 radical (unpaired) electrons. The van der Waals surface area contributed by atoms with Gasteiger partial charge >= 0.3 is 0 Å². The molecule has 0 aliphatic carbocycles. The third-order valence-electron chi connectivity index (χ3n) is 2.50. The number of hydrogen-bond donors (Lipinski definition) is 0. The Hall–Kier alpha value is 0.140. The van der Waals surface area contributed by atoms with Gasteiger partial charge in [0.05, 0.1) is 0 Å². The SMILES string of the molecule is BrC1CCN(Cc2ccsc2)CC1. The smallest absolute Gasteiger partial charge is 0.0242 e. The molecule has 0 bridgehead atoms. The second-order valence-corrected chi connectivity index (χ2v) is 5.66. The van der Waals surface area contributed by atoms with E-state index in [1.165, 1.54) is 31.5 Å². The highest BCUT2D eigenvalue weighted by Gasteiger charge is 2.16. The molecule has 3 heteroatoms. The molecule has 0 aromatic carbocycles. The van der Waals surface area contributed by atoms with E-state index in [0.717, 1.165) is 11.4 Å². The van der Waals surface area contributed by atoms with Gasteiger partial charge in [0.2, 0.25) is 0 Å². The van der Waals surface area contributed by atoms with Crippen LogP contribution in [0.5, 0.6) is 0 Å². The van der Waals surface area contributed by atoms with E-state index in [1.54, 1.807) is 11.3 Å². The zero-order valence-corrected chi connectivity index (χ0v) is 9.98. The molecule has 1 aromatic rings. The van der Waals surface area contributed by atoms with E-state index in [1.807, 2.05) is 0 Å². The van der Waals surface area contributed by atoms with Crippen LogP contribution in [0.4, 0.5) is 0 Å². The molecule has 13 heavy (non-hydrogen) atoms. The summed E-state index contributed by atoms with van der Waals surface area (Å²) in [5.74, 6) is 0. The normalized spacial score (nSPS) is 20.7. The van der Waals surface area contributed by atoms with Gasteiger partial charge in [0, 0.05) is 11.4 Å². The number of halogens is 1. The van der Waals surface area contributed by atoms with Crippen LogP contribution in [-0.4, -0.2) is 22.8 Å². The summed E-state index contributed by atoms with van der Waals surface area (Å²) in [6.07, 6.45) is 2.59. The number of hydrogen-bond acceptors (Lipinski definition) is 2. The lowest BCUT2D eigenvalue weighted by Crippen LogP contribution is -2.33. The number of alkyl halides is 1. The highest BCUT2D eigenvalue weighted by atomic mass is 79.9. The van der Waals surface area contributed by atoms with Crippen LogP contribution in [0.1, 0.15) is 18.4 Å². The van der Waals surface area contributed by atoms with E-state index in [9.17, 15) is 0 Å². The van der Waals surface area contributed by atoms with Crippen molar-refractivity contribution in [3.8, 4) is 0 Å². The monoisotopic (exact) mass is 259 g/mol. The Morgan fingerprint density at radius 1 is 1.46 bits per heavy atom. The number of piperidine rings is 1. The Labute approximate surface area is 91.9 Å². The highest BCUT2D eigenvalue weighted by molar-refractivity contribution is 9.09. The Bertz CT molecular complexity index is 239. The van der Waals surface area contributed by atoms with Gasteiger partial charge in [-0.1, -0.05) is 15.9 Å². The minimum Gasteiger partial charge on any atom is -0.299 e. The molecule has 2 heterocycles. The van der Waals surface area contributed by atoms with Crippen LogP contribution in [-0.2, 0) is 6.54 Å². The van der Waals surface area contributed by atoms with E-state index >= 15 is 0 Å². The Morgan fingerprint density at radius 2 is 2.23 bits per heavy atom. The van der Waals surface area contributed by atoms with Crippen LogP contribution < -0.4 is 0 Å². The van der Waals surface area contributed by atoms with Crippen LogP contribution in [0.3, 0.4) is 0 Å². The molecule has 72 valence electrons. The third kappa shape index (κ3) is 2.79. The summed E-state index contributed by atoms with van der Waals surface area (Å²) >= 11 is 5.46. The van der Waals surface area contributed by atoms with Crippen molar-refractivity contribution in [3.05, 3.63) is 22.4 Å². The van der Waals surface area contributed by atoms with Crippen molar-refractivity contribution in [2.75, 3.05) is 13.1 Å². The van der Waals surface area contributed by atoms with E-state index in [-0.39, 0.29) is 0 Å². The predicted octanol–water partition coefficient (Wildman–Crippen LogP) is 3.11. The molecule has 1 aromatic heterocycles. The third-order valence-corrected chi connectivity index (χ3v) is 4.15. The zero-order valence-electron chi connectivity index (χ0n) is 7.58. The van der Waals surface area contributed by atoms with Crippen LogP contribution in [0, 0.1) is 0 Å². The number of likely N-dealkylation sites (tertiary alicyclic amines) is 1. The van der Waals surface area contributed by atoms with E-state index in [2.05, 4.69) is 37.7 Å². The van der Waals surface area contributed by atoms with Gasteiger partial charge in [0.1, 0.15) is 0 Å². The summed E-state index contributed by atoms with van der Waals surface area (Å²) in [7, 11) is 0. The average Bonchev–Trinajstić information content (AvgIpc) is 2.62. The Morgan fingerprint density at radius 3 is 2.85 bits per heavy atom. The number of thiophene rings is 1. The summed E-state index contributed by atoms with van der Waals surface area (Å²) in [5, 5.41) is 4.41. The van der Waals surface area contributed by atoms with Gasteiger partial charge < -0.3 is 0 Å². The second kappa shape index (κ2) is 4.58. The van der Waals surface area contributed by atoms with Crippen LogP contribution >= 0.6 is 27.3 Å². The summed E-state index contributed by atoms with van der Waals surface area (Å²) in [4.78, 5) is 3.30. The first-order valence-corrected chi connectivity index (χ1v) is 6.58. The van der Waals surface area contributed by atoms with Gasteiger partial charge in [0.15, 0.2) is 0 Å². The van der Waals surface area contributed by atoms with Crippen LogP contribution in [0.25, 0.3) is 0 Å². The molecule has 1 fully saturated rings. The predicted molar refractivity (Wildman–Crippen MR) is 61.5 cm³/mol. The summed E-state index contributed by atoms with van der Waals surface area (Å²) in [6.45, 7) is 3.63. The molecule has 0 spiro atoms. The van der Waals surface area contributed by atoms with Crippen molar-refractivity contribution in [1.29, 1.82) is 0 Å². The first kappa shape index (κ1) is 9.69. The van der Waals surface area contributed by atoms with Gasteiger partial charge in [-0.05, 0) is 48.3 Å². The van der Waals surface area contributed by atoms with Gasteiger partial charge in [-0.3, -0.25) is 4.90 Å². The van der Waals surface area contributed by atoms with Crippen molar-refractivity contribution >= 4 is 27.3 Å². The first-order valence-electron chi connectivity index (χ1n) is 4.72. The van der Waals surface area contributed by atoms with Crippen molar-refractivity contribution in [3.63, 3.8) is 0 Å². The van der Waals surface area contributed by atoms with Gasteiger partial charge in [-0.2, -0.15) is 11.3 Å². The minimum absolute atomic E-state index is 0.756. The molecule has 1 nitrogen and oxygen atoms in total.